The molecule has 224 valence electrons. The lowest BCUT2D eigenvalue weighted by atomic mass is 9.95. The molecular weight excluding hydrogens is 577 g/mol. The Morgan fingerprint density at radius 2 is 1.60 bits per heavy atom. The maximum atomic E-state index is 14.1. The van der Waals surface area contributed by atoms with Gasteiger partial charge in [-0.25, -0.2) is 12.8 Å². The van der Waals surface area contributed by atoms with Gasteiger partial charge in [-0.15, -0.1) is 0 Å². The standard InChI is InChI=1S/C32H37ClFN3O4S/c1-22-9-16-29(19-23(22)2)37(42(40,41)30-17-12-26(33)13-18-30)21-31(38)36(20-25-10-14-27(34)15-11-25)24(3)32(39)35-28-7-5-4-6-8-28/h9-19,24,28H,4-8,20-21H2,1-3H3,(H,35,39)/t24-/m1/s1. The van der Waals surface area contributed by atoms with Crippen molar-refractivity contribution in [2.24, 2.45) is 0 Å². The molecule has 1 aliphatic rings. The van der Waals surface area contributed by atoms with Gasteiger partial charge in [0.05, 0.1) is 10.6 Å². The molecule has 42 heavy (non-hydrogen) atoms. The molecule has 0 saturated heterocycles. The summed E-state index contributed by atoms with van der Waals surface area (Å²) in [7, 11) is -4.20. The van der Waals surface area contributed by atoms with Gasteiger partial charge in [0.2, 0.25) is 11.8 Å². The summed E-state index contributed by atoms with van der Waals surface area (Å²) in [6.45, 7) is 4.87. The molecule has 0 spiro atoms. The first-order valence-corrected chi connectivity index (χ1v) is 16.0. The molecule has 0 bridgehead atoms. The Kier molecular flexibility index (Phi) is 10.3. The van der Waals surface area contributed by atoms with Gasteiger partial charge in [-0.3, -0.25) is 13.9 Å². The average molecular weight is 614 g/mol. The van der Waals surface area contributed by atoms with Gasteiger partial charge in [-0.2, -0.15) is 0 Å². The van der Waals surface area contributed by atoms with Crippen LogP contribution in [0.1, 0.15) is 55.7 Å². The molecule has 0 unspecified atom stereocenters. The molecule has 0 aliphatic heterocycles. The van der Waals surface area contributed by atoms with Crippen LogP contribution in [0, 0.1) is 19.7 Å². The first-order chi connectivity index (χ1) is 20.0. The number of anilines is 1. The maximum Gasteiger partial charge on any atom is 0.264 e. The van der Waals surface area contributed by atoms with Crippen molar-refractivity contribution in [1.29, 1.82) is 0 Å². The smallest absolute Gasteiger partial charge is 0.264 e. The lowest BCUT2D eigenvalue weighted by molar-refractivity contribution is -0.139. The number of nitrogens with zero attached hydrogens (tertiary/aromatic N) is 2. The Labute approximate surface area is 252 Å². The van der Waals surface area contributed by atoms with E-state index in [-0.39, 0.29) is 23.4 Å². The van der Waals surface area contributed by atoms with E-state index in [0.29, 0.717) is 16.3 Å². The van der Waals surface area contributed by atoms with E-state index in [2.05, 4.69) is 5.32 Å². The van der Waals surface area contributed by atoms with E-state index in [1.165, 1.54) is 41.3 Å². The molecule has 3 aromatic rings. The van der Waals surface area contributed by atoms with Crippen LogP contribution >= 0.6 is 11.6 Å². The summed E-state index contributed by atoms with van der Waals surface area (Å²) in [5.41, 5.74) is 2.77. The lowest BCUT2D eigenvalue weighted by Gasteiger charge is -2.33. The second-order valence-electron chi connectivity index (χ2n) is 10.9. The van der Waals surface area contributed by atoms with Crippen LogP contribution in [0.2, 0.25) is 5.02 Å². The van der Waals surface area contributed by atoms with Gasteiger partial charge in [0.15, 0.2) is 0 Å². The van der Waals surface area contributed by atoms with Gasteiger partial charge in [-0.05, 0) is 98.8 Å². The fourth-order valence-electron chi connectivity index (χ4n) is 5.08. The summed E-state index contributed by atoms with van der Waals surface area (Å²) in [5.74, 6) is -1.30. The first-order valence-electron chi connectivity index (χ1n) is 14.2. The van der Waals surface area contributed by atoms with Crippen molar-refractivity contribution in [2.45, 2.75) is 76.4 Å². The van der Waals surface area contributed by atoms with Crippen molar-refractivity contribution in [3.8, 4) is 0 Å². The zero-order valence-corrected chi connectivity index (χ0v) is 25.7. The van der Waals surface area contributed by atoms with Crippen molar-refractivity contribution >= 4 is 39.1 Å². The van der Waals surface area contributed by atoms with Crippen molar-refractivity contribution in [1.82, 2.24) is 10.2 Å². The number of nitrogens with one attached hydrogen (secondary N) is 1. The monoisotopic (exact) mass is 613 g/mol. The van der Waals surface area contributed by atoms with Gasteiger partial charge in [-0.1, -0.05) is 49.1 Å². The van der Waals surface area contributed by atoms with Gasteiger partial charge in [0, 0.05) is 17.6 Å². The fraction of sp³-hybridized carbons (Fsp3) is 0.375. The van der Waals surface area contributed by atoms with Crippen LogP contribution in [0.25, 0.3) is 0 Å². The third kappa shape index (κ3) is 7.69. The molecule has 1 atom stereocenters. The molecule has 0 heterocycles. The van der Waals surface area contributed by atoms with Crippen molar-refractivity contribution in [3.63, 3.8) is 0 Å². The summed E-state index contributed by atoms with van der Waals surface area (Å²) >= 11 is 6.01. The highest BCUT2D eigenvalue weighted by Gasteiger charge is 2.33. The van der Waals surface area contributed by atoms with E-state index in [9.17, 15) is 22.4 Å². The zero-order chi connectivity index (χ0) is 30.4. The molecule has 10 heteroatoms. The molecule has 4 rings (SSSR count). The number of hydrogen-bond acceptors (Lipinski definition) is 4. The normalized spacial score (nSPS) is 14.7. The number of sulfonamides is 1. The predicted octanol–water partition coefficient (Wildman–Crippen LogP) is 6.16. The predicted molar refractivity (Wildman–Crippen MR) is 163 cm³/mol. The number of benzene rings is 3. The molecule has 1 fully saturated rings. The van der Waals surface area contributed by atoms with Crippen molar-refractivity contribution < 1.29 is 22.4 Å². The van der Waals surface area contributed by atoms with E-state index >= 15 is 0 Å². The van der Waals surface area contributed by atoms with Crippen molar-refractivity contribution in [3.05, 3.63) is 94.3 Å². The van der Waals surface area contributed by atoms with Crippen LogP contribution in [0.15, 0.2) is 71.6 Å². The second kappa shape index (κ2) is 13.7. The third-order valence-corrected chi connectivity index (χ3v) is 9.88. The van der Waals surface area contributed by atoms with E-state index in [0.717, 1.165) is 47.5 Å². The third-order valence-electron chi connectivity index (χ3n) is 7.84. The van der Waals surface area contributed by atoms with Crippen LogP contribution in [0.3, 0.4) is 0 Å². The van der Waals surface area contributed by atoms with Gasteiger partial charge in [0.25, 0.3) is 10.0 Å². The van der Waals surface area contributed by atoms with Gasteiger partial charge >= 0.3 is 0 Å². The van der Waals surface area contributed by atoms with E-state index < -0.39 is 34.3 Å². The molecule has 0 aromatic heterocycles. The zero-order valence-electron chi connectivity index (χ0n) is 24.1. The van der Waals surface area contributed by atoms with Crippen LogP contribution < -0.4 is 9.62 Å². The highest BCUT2D eigenvalue weighted by atomic mass is 35.5. The highest BCUT2D eigenvalue weighted by Crippen LogP contribution is 2.27. The molecule has 1 N–H and O–H groups in total. The number of halogens is 2. The van der Waals surface area contributed by atoms with Crippen LogP contribution in [-0.2, 0) is 26.2 Å². The minimum absolute atomic E-state index is 0.000124. The Morgan fingerprint density at radius 3 is 2.21 bits per heavy atom. The SMILES string of the molecule is Cc1ccc(N(CC(=O)N(Cc2ccc(F)cc2)[C@H](C)C(=O)NC2CCCCC2)S(=O)(=O)c2ccc(Cl)cc2)cc1C. The van der Waals surface area contributed by atoms with Gasteiger partial charge < -0.3 is 10.2 Å². The Balaban J connectivity index is 1.69. The summed E-state index contributed by atoms with van der Waals surface area (Å²) in [6, 6.07) is 15.7. The van der Waals surface area contributed by atoms with Crippen LogP contribution in [0.5, 0.6) is 0 Å². The first kappa shape index (κ1) is 31.5. The molecular formula is C32H37ClFN3O4S. The molecule has 7 nitrogen and oxygen atoms in total. The quantitative estimate of drug-likeness (QED) is 0.297. The van der Waals surface area contributed by atoms with E-state index in [1.807, 2.05) is 13.8 Å². The topological polar surface area (TPSA) is 86.8 Å². The van der Waals surface area contributed by atoms with Gasteiger partial charge in [0.1, 0.15) is 18.4 Å². The molecule has 1 aliphatic carbocycles. The second-order valence-corrected chi connectivity index (χ2v) is 13.2. The number of hydrogen-bond donors (Lipinski definition) is 1. The minimum Gasteiger partial charge on any atom is -0.352 e. The summed E-state index contributed by atoms with van der Waals surface area (Å²) < 4.78 is 42.6. The largest absolute Gasteiger partial charge is 0.352 e. The maximum absolute atomic E-state index is 14.1. The number of amides is 2. The van der Waals surface area contributed by atoms with Crippen molar-refractivity contribution in [2.75, 3.05) is 10.8 Å². The van der Waals surface area contributed by atoms with Crippen LogP contribution in [-0.4, -0.2) is 43.8 Å². The minimum atomic E-state index is -4.20. The number of carbonyl (C=O) groups is 2. The number of aryl methyl sites for hydroxylation is 2. The summed E-state index contributed by atoms with van der Waals surface area (Å²) in [5, 5.41) is 3.45. The molecule has 2 amide bonds. The number of carbonyl (C=O) groups excluding carboxylic acids is 2. The Bertz CT molecular complexity index is 1510. The van der Waals surface area contributed by atoms with Crippen LogP contribution in [0.4, 0.5) is 10.1 Å². The van der Waals surface area contributed by atoms with E-state index in [4.69, 9.17) is 11.6 Å². The Hall–Kier alpha value is -3.43. The molecule has 3 aromatic carbocycles. The summed E-state index contributed by atoms with van der Waals surface area (Å²) in [4.78, 5) is 28.8. The summed E-state index contributed by atoms with van der Waals surface area (Å²) in [6.07, 6.45) is 4.96. The lowest BCUT2D eigenvalue weighted by Crippen LogP contribution is -2.53. The average Bonchev–Trinajstić information content (AvgIpc) is 2.97. The Morgan fingerprint density at radius 1 is 0.952 bits per heavy atom. The molecule has 0 radical (unpaired) electrons. The number of rotatable bonds is 10. The highest BCUT2D eigenvalue weighted by molar-refractivity contribution is 7.92. The molecule has 1 saturated carbocycles. The fourth-order valence-corrected chi connectivity index (χ4v) is 6.61. The van der Waals surface area contributed by atoms with E-state index in [1.54, 1.807) is 37.3 Å².